The smallest absolute Gasteiger partial charge is 0.129 e. The van der Waals surface area contributed by atoms with Gasteiger partial charge in [-0.3, -0.25) is 0 Å². The van der Waals surface area contributed by atoms with E-state index in [9.17, 15) is 4.39 Å². The predicted octanol–water partition coefficient (Wildman–Crippen LogP) is 3.40. The van der Waals surface area contributed by atoms with Crippen molar-refractivity contribution in [3.05, 3.63) is 34.6 Å². The van der Waals surface area contributed by atoms with Crippen molar-refractivity contribution in [1.29, 1.82) is 0 Å². The number of rotatable bonds is 4. The lowest BCUT2D eigenvalue weighted by Gasteiger charge is -2.28. The van der Waals surface area contributed by atoms with Crippen LogP contribution in [0.2, 0.25) is 5.02 Å². The van der Waals surface area contributed by atoms with Crippen molar-refractivity contribution in [2.45, 2.75) is 44.2 Å². The molecule has 1 aliphatic rings. The van der Waals surface area contributed by atoms with Crippen LogP contribution in [-0.4, -0.2) is 12.6 Å². The van der Waals surface area contributed by atoms with Gasteiger partial charge in [0.25, 0.3) is 0 Å². The number of nitrogens with one attached hydrogen (secondary N) is 1. The summed E-state index contributed by atoms with van der Waals surface area (Å²) in [5.41, 5.74) is 6.38. The summed E-state index contributed by atoms with van der Waals surface area (Å²) >= 11 is 5.77. The van der Waals surface area contributed by atoms with Gasteiger partial charge < -0.3 is 11.1 Å². The van der Waals surface area contributed by atoms with Gasteiger partial charge in [0.2, 0.25) is 0 Å². The van der Waals surface area contributed by atoms with Crippen LogP contribution in [0.15, 0.2) is 18.2 Å². The highest BCUT2D eigenvalue weighted by atomic mass is 35.5. The van der Waals surface area contributed by atoms with Crippen molar-refractivity contribution >= 4 is 11.6 Å². The van der Waals surface area contributed by atoms with E-state index in [1.807, 2.05) is 0 Å². The van der Waals surface area contributed by atoms with Gasteiger partial charge in [-0.25, -0.2) is 4.39 Å². The fourth-order valence-electron chi connectivity index (χ4n) is 2.62. The fourth-order valence-corrected chi connectivity index (χ4v) is 2.78. The SMILES string of the molecule is NCC(NC1CCCCC1)c1ccc(Cl)cc1F. The van der Waals surface area contributed by atoms with Crippen LogP contribution in [0, 0.1) is 5.82 Å². The molecule has 1 saturated carbocycles. The van der Waals surface area contributed by atoms with Gasteiger partial charge in [-0.15, -0.1) is 0 Å². The molecule has 4 heteroatoms. The summed E-state index contributed by atoms with van der Waals surface area (Å²) in [6, 6.07) is 5.13. The quantitative estimate of drug-likeness (QED) is 0.880. The molecule has 1 unspecified atom stereocenters. The summed E-state index contributed by atoms with van der Waals surface area (Å²) in [6.45, 7) is 0.398. The van der Waals surface area contributed by atoms with Crippen molar-refractivity contribution in [2.75, 3.05) is 6.54 Å². The molecule has 1 aromatic rings. The Hall–Kier alpha value is -0.640. The molecule has 0 aliphatic heterocycles. The first kappa shape index (κ1) is 13.8. The van der Waals surface area contributed by atoms with Crippen LogP contribution in [0.5, 0.6) is 0 Å². The van der Waals surface area contributed by atoms with E-state index in [4.69, 9.17) is 17.3 Å². The lowest BCUT2D eigenvalue weighted by molar-refractivity contribution is 0.337. The number of hydrogen-bond donors (Lipinski definition) is 2. The largest absolute Gasteiger partial charge is 0.329 e. The molecule has 0 heterocycles. The highest BCUT2D eigenvalue weighted by molar-refractivity contribution is 6.30. The first-order valence-corrected chi connectivity index (χ1v) is 6.99. The van der Waals surface area contributed by atoms with Gasteiger partial charge in [0.1, 0.15) is 5.82 Å². The number of nitrogens with two attached hydrogens (primary N) is 1. The lowest BCUT2D eigenvalue weighted by atomic mass is 9.94. The molecule has 18 heavy (non-hydrogen) atoms. The molecular weight excluding hydrogens is 251 g/mol. The topological polar surface area (TPSA) is 38.0 Å². The van der Waals surface area contributed by atoms with Gasteiger partial charge in [-0.2, -0.15) is 0 Å². The van der Waals surface area contributed by atoms with Crippen molar-refractivity contribution in [3.63, 3.8) is 0 Å². The van der Waals surface area contributed by atoms with Gasteiger partial charge in [0.15, 0.2) is 0 Å². The van der Waals surface area contributed by atoms with Gasteiger partial charge in [0.05, 0.1) is 0 Å². The number of hydrogen-bond acceptors (Lipinski definition) is 2. The van der Waals surface area contributed by atoms with E-state index in [-0.39, 0.29) is 11.9 Å². The minimum atomic E-state index is -0.277. The van der Waals surface area contributed by atoms with E-state index in [2.05, 4.69) is 5.32 Å². The first-order valence-electron chi connectivity index (χ1n) is 6.62. The summed E-state index contributed by atoms with van der Waals surface area (Å²) in [4.78, 5) is 0. The van der Waals surface area contributed by atoms with Gasteiger partial charge in [0, 0.05) is 29.2 Å². The van der Waals surface area contributed by atoms with E-state index in [0.29, 0.717) is 23.2 Å². The Morgan fingerprint density at radius 1 is 1.33 bits per heavy atom. The Balaban J connectivity index is 2.07. The zero-order valence-electron chi connectivity index (χ0n) is 10.5. The van der Waals surface area contributed by atoms with Crippen LogP contribution in [-0.2, 0) is 0 Å². The van der Waals surface area contributed by atoms with Crippen molar-refractivity contribution in [3.8, 4) is 0 Å². The summed E-state index contributed by atoms with van der Waals surface area (Å²) < 4.78 is 13.9. The molecule has 1 fully saturated rings. The standard InChI is InChI=1S/C14H20ClFN2/c15-10-6-7-12(13(16)8-10)14(9-17)18-11-4-2-1-3-5-11/h6-8,11,14,18H,1-5,9,17H2. The highest BCUT2D eigenvalue weighted by Crippen LogP contribution is 2.24. The van der Waals surface area contributed by atoms with E-state index in [1.165, 1.54) is 25.3 Å². The maximum atomic E-state index is 13.9. The Labute approximate surface area is 113 Å². The Kier molecular flexibility index (Phi) is 4.98. The van der Waals surface area contributed by atoms with Crippen molar-refractivity contribution < 1.29 is 4.39 Å². The third-order valence-electron chi connectivity index (χ3n) is 3.62. The third kappa shape index (κ3) is 3.44. The van der Waals surface area contributed by atoms with Crippen molar-refractivity contribution in [2.24, 2.45) is 5.73 Å². The van der Waals surface area contributed by atoms with E-state index in [0.717, 1.165) is 12.8 Å². The monoisotopic (exact) mass is 270 g/mol. The minimum Gasteiger partial charge on any atom is -0.329 e. The zero-order chi connectivity index (χ0) is 13.0. The third-order valence-corrected chi connectivity index (χ3v) is 3.85. The van der Waals surface area contributed by atoms with Gasteiger partial charge >= 0.3 is 0 Å². The lowest BCUT2D eigenvalue weighted by Crippen LogP contribution is -2.38. The molecule has 0 amide bonds. The van der Waals surface area contributed by atoms with E-state index in [1.54, 1.807) is 12.1 Å². The van der Waals surface area contributed by atoms with E-state index >= 15 is 0 Å². The maximum absolute atomic E-state index is 13.9. The predicted molar refractivity (Wildman–Crippen MR) is 73.2 cm³/mol. The molecule has 100 valence electrons. The van der Waals surface area contributed by atoms with Crippen LogP contribution in [0.3, 0.4) is 0 Å². The Morgan fingerprint density at radius 3 is 2.67 bits per heavy atom. The molecule has 2 rings (SSSR count). The summed E-state index contributed by atoms with van der Waals surface area (Å²) in [5.74, 6) is -0.277. The molecule has 1 aliphatic carbocycles. The Morgan fingerprint density at radius 2 is 2.06 bits per heavy atom. The molecule has 0 spiro atoms. The molecule has 3 N–H and O–H groups in total. The fraction of sp³-hybridized carbons (Fsp3) is 0.571. The van der Waals surface area contributed by atoms with Crippen LogP contribution in [0.4, 0.5) is 4.39 Å². The van der Waals surface area contributed by atoms with Crippen LogP contribution in [0.1, 0.15) is 43.7 Å². The molecule has 0 saturated heterocycles. The molecule has 0 radical (unpaired) electrons. The molecule has 0 aromatic heterocycles. The van der Waals surface area contributed by atoms with Crippen LogP contribution < -0.4 is 11.1 Å². The normalized spacial score (nSPS) is 18.8. The Bertz CT molecular complexity index is 391. The highest BCUT2D eigenvalue weighted by Gasteiger charge is 2.20. The second-order valence-electron chi connectivity index (χ2n) is 4.96. The summed E-state index contributed by atoms with van der Waals surface area (Å²) in [6.07, 6.45) is 6.12. The first-order chi connectivity index (χ1) is 8.70. The second-order valence-corrected chi connectivity index (χ2v) is 5.39. The average Bonchev–Trinajstić information content (AvgIpc) is 2.38. The number of benzene rings is 1. The summed E-state index contributed by atoms with van der Waals surface area (Å²) in [5, 5.41) is 3.90. The van der Waals surface area contributed by atoms with Gasteiger partial charge in [-0.1, -0.05) is 36.9 Å². The van der Waals surface area contributed by atoms with E-state index < -0.39 is 0 Å². The average molecular weight is 271 g/mol. The molecule has 1 atom stereocenters. The van der Waals surface area contributed by atoms with Crippen LogP contribution in [0.25, 0.3) is 0 Å². The number of halogens is 2. The zero-order valence-corrected chi connectivity index (χ0v) is 11.2. The molecule has 0 bridgehead atoms. The van der Waals surface area contributed by atoms with Gasteiger partial charge in [-0.05, 0) is 25.0 Å². The maximum Gasteiger partial charge on any atom is 0.129 e. The second kappa shape index (κ2) is 6.50. The van der Waals surface area contributed by atoms with Crippen LogP contribution >= 0.6 is 11.6 Å². The van der Waals surface area contributed by atoms with Crippen molar-refractivity contribution in [1.82, 2.24) is 5.32 Å². The molecule has 1 aromatic carbocycles. The summed E-state index contributed by atoms with van der Waals surface area (Å²) in [7, 11) is 0. The molecular formula is C14H20ClFN2. The molecule has 2 nitrogen and oxygen atoms in total. The minimum absolute atomic E-state index is 0.120.